The smallest absolute Gasteiger partial charge is 0.314 e. The molecule has 1 aliphatic heterocycles. The van der Waals surface area contributed by atoms with Crippen LogP contribution in [-0.4, -0.2) is 39.2 Å². The number of esters is 1. The van der Waals surface area contributed by atoms with E-state index in [1.54, 1.807) is 43.3 Å². The average molecular weight is 400 g/mol. The molecular formula is C19H16N2O6S. The normalized spacial score (nSPS) is 14.6. The largest absolute Gasteiger partial charge is 0.481 e. The quantitative estimate of drug-likeness (QED) is 0.629. The van der Waals surface area contributed by atoms with Crippen molar-refractivity contribution in [3.63, 3.8) is 0 Å². The monoisotopic (exact) mass is 400 g/mol. The van der Waals surface area contributed by atoms with E-state index in [9.17, 15) is 14.7 Å². The molecule has 0 spiro atoms. The second-order valence-corrected chi connectivity index (χ2v) is 6.70. The number of nitrogens with zero attached hydrogens (tertiary/aromatic N) is 2. The van der Waals surface area contributed by atoms with E-state index < -0.39 is 23.8 Å². The molecule has 2 atom stereocenters. The van der Waals surface area contributed by atoms with Crippen LogP contribution in [-0.2, 0) is 14.3 Å². The molecule has 0 aliphatic carbocycles. The van der Waals surface area contributed by atoms with Gasteiger partial charge in [-0.1, -0.05) is 12.1 Å². The highest BCUT2D eigenvalue weighted by Gasteiger charge is 2.38. The fraction of sp³-hybridized carbons (Fsp3) is 0.263. The predicted octanol–water partition coefficient (Wildman–Crippen LogP) is 2.94. The molecule has 9 heteroatoms. The van der Waals surface area contributed by atoms with Crippen LogP contribution in [0, 0.1) is 0 Å². The van der Waals surface area contributed by atoms with Crippen LogP contribution in [0.4, 0.5) is 0 Å². The molecular weight excluding hydrogens is 384 g/mol. The van der Waals surface area contributed by atoms with Crippen LogP contribution < -0.4 is 9.47 Å². The maximum atomic E-state index is 12.8. The van der Waals surface area contributed by atoms with E-state index in [0.29, 0.717) is 33.7 Å². The van der Waals surface area contributed by atoms with Crippen molar-refractivity contribution in [3.05, 3.63) is 47.5 Å². The number of carboxylic acids is 1. The van der Waals surface area contributed by atoms with Gasteiger partial charge in [-0.2, -0.15) is 8.75 Å². The summed E-state index contributed by atoms with van der Waals surface area (Å²) in [6.45, 7) is 1.90. The molecule has 1 aliphatic rings. The molecule has 3 aromatic rings. The van der Waals surface area contributed by atoms with E-state index >= 15 is 0 Å². The number of carbonyl (C=O) groups excluding carboxylic acids is 1. The van der Waals surface area contributed by atoms with Gasteiger partial charge in [-0.15, -0.1) is 0 Å². The van der Waals surface area contributed by atoms with Gasteiger partial charge in [0.25, 0.3) is 0 Å². The predicted molar refractivity (Wildman–Crippen MR) is 99.7 cm³/mol. The van der Waals surface area contributed by atoms with Crippen LogP contribution in [0.25, 0.3) is 11.0 Å². The van der Waals surface area contributed by atoms with Crippen LogP contribution in [0.5, 0.6) is 11.5 Å². The van der Waals surface area contributed by atoms with Crippen molar-refractivity contribution in [2.45, 2.75) is 18.8 Å². The highest BCUT2D eigenvalue weighted by atomic mass is 32.1. The van der Waals surface area contributed by atoms with Gasteiger partial charge in [0, 0.05) is 0 Å². The molecule has 0 bridgehead atoms. The van der Waals surface area contributed by atoms with Gasteiger partial charge in [-0.25, -0.2) is 0 Å². The molecule has 0 fully saturated rings. The SMILES string of the molecule is CCOC(=O)C(c1ccc2nsnc2c1)C(C(=O)O)c1ccc2c(c1)OCO2. The summed E-state index contributed by atoms with van der Waals surface area (Å²) in [5, 5.41) is 9.99. The fourth-order valence-electron chi connectivity index (χ4n) is 3.27. The van der Waals surface area contributed by atoms with E-state index in [4.69, 9.17) is 14.2 Å². The Morgan fingerprint density at radius 2 is 1.79 bits per heavy atom. The van der Waals surface area contributed by atoms with E-state index in [-0.39, 0.29) is 13.4 Å². The standard InChI is InChI=1S/C19H16N2O6S/c1-2-25-19(24)17(10-3-5-12-13(7-10)21-28-20-12)16(18(22)23)11-4-6-14-15(8-11)27-9-26-14/h3-8,16-17H,2,9H2,1H3,(H,22,23). The zero-order valence-electron chi connectivity index (χ0n) is 14.8. The van der Waals surface area contributed by atoms with E-state index in [1.165, 1.54) is 0 Å². The zero-order chi connectivity index (χ0) is 19.7. The minimum absolute atomic E-state index is 0.0747. The molecule has 28 heavy (non-hydrogen) atoms. The maximum absolute atomic E-state index is 12.8. The lowest BCUT2D eigenvalue weighted by molar-refractivity contribution is -0.151. The Balaban J connectivity index is 1.82. The van der Waals surface area contributed by atoms with Gasteiger partial charge in [-0.05, 0) is 42.3 Å². The van der Waals surface area contributed by atoms with E-state index in [2.05, 4.69) is 8.75 Å². The van der Waals surface area contributed by atoms with Crippen molar-refractivity contribution in [1.29, 1.82) is 0 Å². The summed E-state index contributed by atoms with van der Waals surface area (Å²) in [6, 6.07) is 9.96. The molecule has 0 radical (unpaired) electrons. The van der Waals surface area contributed by atoms with E-state index in [1.807, 2.05) is 0 Å². The number of fused-ring (bicyclic) bond motifs is 2. The minimum atomic E-state index is -1.17. The number of benzene rings is 2. The Hall–Kier alpha value is -3.20. The number of rotatable bonds is 6. The first-order valence-electron chi connectivity index (χ1n) is 8.59. The molecule has 1 aromatic heterocycles. The van der Waals surface area contributed by atoms with Crippen LogP contribution >= 0.6 is 11.7 Å². The molecule has 4 rings (SSSR count). The first-order chi connectivity index (χ1) is 13.6. The van der Waals surface area contributed by atoms with Gasteiger partial charge in [0.1, 0.15) is 11.0 Å². The molecule has 0 amide bonds. The van der Waals surface area contributed by atoms with Crippen LogP contribution in [0.3, 0.4) is 0 Å². The average Bonchev–Trinajstić information content (AvgIpc) is 3.33. The molecule has 8 nitrogen and oxygen atoms in total. The highest BCUT2D eigenvalue weighted by Crippen LogP contribution is 2.40. The van der Waals surface area contributed by atoms with Crippen molar-refractivity contribution >= 4 is 34.7 Å². The van der Waals surface area contributed by atoms with E-state index in [0.717, 1.165) is 11.7 Å². The number of hydrogen-bond donors (Lipinski definition) is 1. The van der Waals surface area contributed by atoms with Crippen molar-refractivity contribution in [1.82, 2.24) is 8.75 Å². The molecule has 2 unspecified atom stereocenters. The Morgan fingerprint density at radius 1 is 1.07 bits per heavy atom. The number of ether oxygens (including phenoxy) is 3. The molecule has 0 saturated carbocycles. The highest BCUT2D eigenvalue weighted by molar-refractivity contribution is 7.00. The second kappa shape index (κ2) is 7.43. The Bertz CT molecular complexity index is 1050. The topological polar surface area (TPSA) is 108 Å². The fourth-order valence-corrected chi connectivity index (χ4v) is 3.79. The number of aliphatic carboxylic acids is 1. The minimum Gasteiger partial charge on any atom is -0.481 e. The van der Waals surface area contributed by atoms with Gasteiger partial charge in [0.05, 0.1) is 30.2 Å². The van der Waals surface area contributed by atoms with Crippen LogP contribution in [0.2, 0.25) is 0 Å². The summed E-state index contributed by atoms with van der Waals surface area (Å²) in [6.07, 6.45) is 0. The summed E-state index contributed by atoms with van der Waals surface area (Å²) in [4.78, 5) is 25.0. The first-order valence-corrected chi connectivity index (χ1v) is 9.32. The summed E-state index contributed by atoms with van der Waals surface area (Å²) in [7, 11) is 0. The lowest BCUT2D eigenvalue weighted by atomic mass is 9.81. The van der Waals surface area contributed by atoms with Crippen molar-refractivity contribution in [2.24, 2.45) is 0 Å². The third-order valence-electron chi connectivity index (χ3n) is 4.53. The van der Waals surface area contributed by atoms with Crippen LogP contribution in [0.1, 0.15) is 29.9 Å². The van der Waals surface area contributed by atoms with Gasteiger partial charge >= 0.3 is 11.9 Å². The second-order valence-electron chi connectivity index (χ2n) is 6.17. The van der Waals surface area contributed by atoms with Gasteiger partial charge in [-0.3, -0.25) is 9.59 Å². The molecule has 2 aromatic carbocycles. The van der Waals surface area contributed by atoms with Gasteiger partial charge in [0.15, 0.2) is 11.5 Å². The molecule has 2 heterocycles. The first kappa shape index (κ1) is 18.2. The number of carbonyl (C=O) groups is 2. The summed E-state index contributed by atoms with van der Waals surface area (Å²) >= 11 is 1.05. The lowest BCUT2D eigenvalue weighted by Gasteiger charge is -2.23. The number of carboxylic acid groups (broad SMARTS) is 1. The lowest BCUT2D eigenvalue weighted by Crippen LogP contribution is -2.28. The zero-order valence-corrected chi connectivity index (χ0v) is 15.6. The number of aromatic nitrogens is 2. The maximum Gasteiger partial charge on any atom is 0.314 e. The Labute approximate surface area is 164 Å². The Kier molecular flexibility index (Phi) is 4.82. The van der Waals surface area contributed by atoms with Crippen molar-refractivity contribution < 1.29 is 28.9 Å². The van der Waals surface area contributed by atoms with Crippen molar-refractivity contribution in [2.75, 3.05) is 13.4 Å². The third-order valence-corrected chi connectivity index (χ3v) is 5.09. The number of hydrogen-bond acceptors (Lipinski definition) is 8. The molecule has 144 valence electrons. The van der Waals surface area contributed by atoms with Gasteiger partial charge < -0.3 is 19.3 Å². The summed E-state index contributed by atoms with van der Waals surface area (Å²) in [5.41, 5.74) is 2.22. The van der Waals surface area contributed by atoms with Crippen molar-refractivity contribution in [3.8, 4) is 11.5 Å². The van der Waals surface area contributed by atoms with Crippen LogP contribution in [0.15, 0.2) is 36.4 Å². The molecule has 0 saturated heterocycles. The third kappa shape index (κ3) is 3.24. The summed E-state index contributed by atoms with van der Waals surface area (Å²) in [5.74, 6) is -2.99. The summed E-state index contributed by atoms with van der Waals surface area (Å²) < 4.78 is 24.2. The Morgan fingerprint density at radius 3 is 2.57 bits per heavy atom. The van der Waals surface area contributed by atoms with Gasteiger partial charge in [0.2, 0.25) is 6.79 Å². The molecule has 1 N–H and O–H groups in total.